The smallest absolute Gasteiger partial charge is 0.303 e. The highest BCUT2D eigenvalue weighted by Gasteiger charge is 2.26. The Balaban J connectivity index is 2.11. The molecule has 1 aliphatic rings. The fourth-order valence-electron chi connectivity index (χ4n) is 2.52. The van der Waals surface area contributed by atoms with Gasteiger partial charge in [-0.3, -0.25) is 4.79 Å². The number of carboxylic acids is 1. The maximum atomic E-state index is 10.4. The SMILES string of the molecule is CCSC1CCC(N(C)CCCCC(=O)O)C1. The zero-order valence-electron chi connectivity index (χ0n) is 11.0. The molecule has 100 valence electrons. The molecular weight excluding hydrogens is 234 g/mol. The highest BCUT2D eigenvalue weighted by Crippen LogP contribution is 2.32. The molecule has 0 heterocycles. The lowest BCUT2D eigenvalue weighted by Crippen LogP contribution is -2.30. The number of hydrogen-bond acceptors (Lipinski definition) is 3. The second-order valence-electron chi connectivity index (χ2n) is 4.88. The minimum Gasteiger partial charge on any atom is -0.481 e. The first kappa shape index (κ1) is 14.8. The monoisotopic (exact) mass is 259 g/mol. The van der Waals surface area contributed by atoms with E-state index in [4.69, 9.17) is 5.11 Å². The second-order valence-corrected chi connectivity index (χ2v) is 6.45. The predicted molar refractivity (Wildman–Crippen MR) is 73.7 cm³/mol. The van der Waals surface area contributed by atoms with E-state index in [9.17, 15) is 4.79 Å². The van der Waals surface area contributed by atoms with Crippen LogP contribution in [0.1, 0.15) is 45.4 Å². The fourth-order valence-corrected chi connectivity index (χ4v) is 3.66. The standard InChI is InChI=1S/C13H25NO2S/c1-3-17-12-8-7-11(10-12)14(2)9-5-4-6-13(15)16/h11-12H,3-10H2,1-2H3,(H,15,16). The van der Waals surface area contributed by atoms with Crippen molar-refractivity contribution in [2.75, 3.05) is 19.3 Å². The van der Waals surface area contributed by atoms with Crippen molar-refractivity contribution in [1.29, 1.82) is 0 Å². The van der Waals surface area contributed by atoms with Gasteiger partial charge >= 0.3 is 5.97 Å². The Bertz CT molecular complexity index is 235. The Morgan fingerprint density at radius 3 is 2.82 bits per heavy atom. The van der Waals surface area contributed by atoms with Crippen molar-refractivity contribution in [1.82, 2.24) is 4.90 Å². The molecule has 3 nitrogen and oxygen atoms in total. The Morgan fingerprint density at radius 1 is 1.41 bits per heavy atom. The van der Waals surface area contributed by atoms with Crippen LogP contribution < -0.4 is 0 Å². The summed E-state index contributed by atoms with van der Waals surface area (Å²) in [6.07, 6.45) is 6.10. The van der Waals surface area contributed by atoms with E-state index < -0.39 is 5.97 Å². The summed E-state index contributed by atoms with van der Waals surface area (Å²) in [5, 5.41) is 9.42. The Morgan fingerprint density at radius 2 is 2.18 bits per heavy atom. The lowest BCUT2D eigenvalue weighted by molar-refractivity contribution is -0.137. The number of aliphatic carboxylic acids is 1. The number of rotatable bonds is 8. The minimum atomic E-state index is -0.673. The van der Waals surface area contributed by atoms with E-state index in [1.807, 2.05) is 0 Å². The van der Waals surface area contributed by atoms with Crippen LogP contribution in [-0.4, -0.2) is 46.6 Å². The molecule has 1 fully saturated rings. The third-order valence-corrected chi connectivity index (χ3v) is 4.77. The maximum absolute atomic E-state index is 10.4. The van der Waals surface area contributed by atoms with Gasteiger partial charge < -0.3 is 10.0 Å². The molecule has 0 aromatic carbocycles. The van der Waals surface area contributed by atoms with E-state index in [1.54, 1.807) is 0 Å². The largest absolute Gasteiger partial charge is 0.481 e. The summed E-state index contributed by atoms with van der Waals surface area (Å²) in [7, 11) is 2.18. The summed E-state index contributed by atoms with van der Waals surface area (Å²) >= 11 is 2.09. The normalized spacial score (nSPS) is 24.4. The summed E-state index contributed by atoms with van der Waals surface area (Å²) in [6.45, 7) is 3.27. The van der Waals surface area contributed by atoms with Crippen molar-refractivity contribution < 1.29 is 9.90 Å². The summed E-state index contributed by atoms with van der Waals surface area (Å²) < 4.78 is 0. The molecule has 4 heteroatoms. The van der Waals surface area contributed by atoms with Crippen LogP contribution in [0.25, 0.3) is 0 Å². The number of hydrogen-bond donors (Lipinski definition) is 1. The van der Waals surface area contributed by atoms with Gasteiger partial charge in [-0.1, -0.05) is 6.92 Å². The van der Waals surface area contributed by atoms with Crippen LogP contribution in [0.5, 0.6) is 0 Å². The van der Waals surface area contributed by atoms with Crippen LogP contribution in [0, 0.1) is 0 Å². The molecule has 1 aliphatic carbocycles. The van der Waals surface area contributed by atoms with E-state index in [1.165, 1.54) is 25.0 Å². The van der Waals surface area contributed by atoms with Crippen LogP contribution in [0.3, 0.4) is 0 Å². The molecule has 1 saturated carbocycles. The number of thioether (sulfide) groups is 1. The quantitative estimate of drug-likeness (QED) is 0.681. The molecule has 2 atom stereocenters. The van der Waals surface area contributed by atoms with Crippen LogP contribution >= 0.6 is 11.8 Å². The molecule has 0 aliphatic heterocycles. The van der Waals surface area contributed by atoms with Crippen molar-refractivity contribution in [3.8, 4) is 0 Å². The topological polar surface area (TPSA) is 40.5 Å². The Hall–Kier alpha value is -0.220. The Labute approximate surface area is 109 Å². The molecule has 1 rings (SSSR count). The van der Waals surface area contributed by atoms with Crippen LogP contribution in [0.4, 0.5) is 0 Å². The molecule has 0 spiro atoms. The van der Waals surface area contributed by atoms with Crippen LogP contribution in [0.2, 0.25) is 0 Å². The van der Waals surface area contributed by atoms with Gasteiger partial charge in [0.15, 0.2) is 0 Å². The van der Waals surface area contributed by atoms with Crippen molar-refractivity contribution in [2.45, 2.75) is 56.7 Å². The van der Waals surface area contributed by atoms with E-state index in [2.05, 4.69) is 30.6 Å². The van der Waals surface area contributed by atoms with Crippen LogP contribution in [0.15, 0.2) is 0 Å². The molecule has 1 N–H and O–H groups in total. The lowest BCUT2D eigenvalue weighted by Gasteiger charge is -2.24. The molecule has 17 heavy (non-hydrogen) atoms. The fraction of sp³-hybridized carbons (Fsp3) is 0.923. The maximum Gasteiger partial charge on any atom is 0.303 e. The summed E-state index contributed by atoms with van der Waals surface area (Å²) in [5.41, 5.74) is 0. The van der Waals surface area contributed by atoms with E-state index in [0.29, 0.717) is 6.42 Å². The average Bonchev–Trinajstić information content (AvgIpc) is 2.73. The molecule has 0 amide bonds. The van der Waals surface area contributed by atoms with Crippen molar-refractivity contribution in [3.05, 3.63) is 0 Å². The number of carboxylic acid groups (broad SMARTS) is 1. The second kappa shape index (κ2) is 7.98. The number of carbonyl (C=O) groups is 1. The summed E-state index contributed by atoms with van der Waals surface area (Å²) in [5.74, 6) is 0.549. The van der Waals surface area contributed by atoms with Crippen molar-refractivity contribution >= 4 is 17.7 Å². The molecule has 2 unspecified atom stereocenters. The Kier molecular flexibility index (Phi) is 6.97. The highest BCUT2D eigenvalue weighted by molar-refractivity contribution is 7.99. The van der Waals surface area contributed by atoms with E-state index >= 15 is 0 Å². The highest BCUT2D eigenvalue weighted by atomic mass is 32.2. The van der Waals surface area contributed by atoms with E-state index in [0.717, 1.165) is 30.7 Å². The first-order chi connectivity index (χ1) is 8.13. The van der Waals surface area contributed by atoms with Gasteiger partial charge in [-0.05, 0) is 51.4 Å². The van der Waals surface area contributed by atoms with Gasteiger partial charge in [0.1, 0.15) is 0 Å². The van der Waals surface area contributed by atoms with Gasteiger partial charge in [-0.2, -0.15) is 11.8 Å². The predicted octanol–water partition coefficient (Wildman–Crippen LogP) is 2.85. The zero-order chi connectivity index (χ0) is 12.7. The van der Waals surface area contributed by atoms with Gasteiger partial charge in [0.2, 0.25) is 0 Å². The third-order valence-electron chi connectivity index (χ3n) is 3.53. The van der Waals surface area contributed by atoms with E-state index in [-0.39, 0.29) is 0 Å². The summed E-state index contributed by atoms with van der Waals surface area (Å²) in [6, 6.07) is 0.726. The van der Waals surface area contributed by atoms with Gasteiger partial charge in [0.25, 0.3) is 0 Å². The molecule has 0 bridgehead atoms. The molecule has 0 aromatic rings. The first-order valence-corrected chi connectivity index (χ1v) is 7.72. The minimum absolute atomic E-state index is 0.312. The van der Waals surface area contributed by atoms with Gasteiger partial charge in [0.05, 0.1) is 0 Å². The third kappa shape index (κ3) is 5.77. The first-order valence-electron chi connectivity index (χ1n) is 6.67. The number of nitrogens with zero attached hydrogens (tertiary/aromatic N) is 1. The van der Waals surface area contributed by atoms with Crippen molar-refractivity contribution in [2.24, 2.45) is 0 Å². The average molecular weight is 259 g/mol. The van der Waals surface area contributed by atoms with Gasteiger partial charge in [0, 0.05) is 17.7 Å². The zero-order valence-corrected chi connectivity index (χ0v) is 11.8. The van der Waals surface area contributed by atoms with Gasteiger partial charge in [-0.15, -0.1) is 0 Å². The molecular formula is C13H25NO2S. The molecule has 0 aromatic heterocycles. The lowest BCUT2D eigenvalue weighted by atomic mass is 10.2. The van der Waals surface area contributed by atoms with Gasteiger partial charge in [-0.25, -0.2) is 0 Å². The molecule has 0 radical (unpaired) electrons. The van der Waals surface area contributed by atoms with Crippen LogP contribution in [-0.2, 0) is 4.79 Å². The van der Waals surface area contributed by atoms with Crippen molar-refractivity contribution in [3.63, 3.8) is 0 Å². The number of unbranched alkanes of at least 4 members (excludes halogenated alkanes) is 1. The summed E-state index contributed by atoms with van der Waals surface area (Å²) in [4.78, 5) is 12.8. The molecule has 0 saturated heterocycles.